The third-order valence-electron chi connectivity index (χ3n) is 2.81. The summed E-state index contributed by atoms with van der Waals surface area (Å²) in [6, 6.07) is -0.354. The van der Waals surface area contributed by atoms with Gasteiger partial charge in [-0.05, 0) is 32.7 Å². The number of amides is 1. The average Bonchev–Trinajstić information content (AvgIpc) is 2.32. The van der Waals surface area contributed by atoms with Crippen LogP contribution in [0.15, 0.2) is 0 Å². The van der Waals surface area contributed by atoms with Gasteiger partial charge < -0.3 is 10.6 Å². The zero-order valence-electron chi connectivity index (χ0n) is 11.8. The van der Waals surface area contributed by atoms with Crippen molar-refractivity contribution >= 4 is 5.91 Å². The number of alkyl halides is 3. The Balaban J connectivity index is 3.51. The fourth-order valence-corrected chi connectivity index (χ4v) is 1.60. The quantitative estimate of drug-likeness (QED) is 0.605. The van der Waals surface area contributed by atoms with Gasteiger partial charge in [0.1, 0.15) is 0 Å². The van der Waals surface area contributed by atoms with Gasteiger partial charge in [-0.1, -0.05) is 19.8 Å². The van der Waals surface area contributed by atoms with Crippen molar-refractivity contribution in [2.24, 2.45) is 0 Å². The summed E-state index contributed by atoms with van der Waals surface area (Å²) in [5.41, 5.74) is 0. The highest BCUT2D eigenvalue weighted by Gasteiger charge is 2.25. The lowest BCUT2D eigenvalue weighted by Crippen LogP contribution is -2.42. The predicted molar refractivity (Wildman–Crippen MR) is 69.9 cm³/mol. The van der Waals surface area contributed by atoms with Crippen molar-refractivity contribution in [1.82, 2.24) is 10.6 Å². The standard InChI is InChI=1S/C13H25F3N2O/c1-3-4-6-10-18-12(19)11(2)17-9-7-5-8-13(14,15)16/h11,17H,3-10H2,1-2H3,(H,18,19). The topological polar surface area (TPSA) is 41.1 Å². The minimum Gasteiger partial charge on any atom is -0.355 e. The Labute approximate surface area is 113 Å². The van der Waals surface area contributed by atoms with Crippen LogP contribution >= 0.6 is 0 Å². The molecule has 2 N–H and O–H groups in total. The first-order valence-electron chi connectivity index (χ1n) is 6.94. The van der Waals surface area contributed by atoms with Crippen LogP contribution in [0.4, 0.5) is 13.2 Å². The van der Waals surface area contributed by atoms with Gasteiger partial charge >= 0.3 is 6.18 Å². The smallest absolute Gasteiger partial charge is 0.355 e. The second-order valence-electron chi connectivity index (χ2n) is 4.75. The monoisotopic (exact) mass is 282 g/mol. The number of unbranched alkanes of at least 4 members (excludes halogenated alkanes) is 3. The fourth-order valence-electron chi connectivity index (χ4n) is 1.60. The minimum absolute atomic E-state index is 0.0908. The molecule has 0 saturated heterocycles. The molecule has 0 aliphatic heterocycles. The molecule has 114 valence electrons. The van der Waals surface area contributed by atoms with Crippen molar-refractivity contribution in [2.75, 3.05) is 13.1 Å². The molecule has 3 nitrogen and oxygen atoms in total. The number of halogens is 3. The van der Waals surface area contributed by atoms with Crippen LogP contribution < -0.4 is 10.6 Å². The van der Waals surface area contributed by atoms with Gasteiger partial charge in [-0.2, -0.15) is 13.2 Å². The third kappa shape index (κ3) is 12.0. The summed E-state index contributed by atoms with van der Waals surface area (Å²) < 4.78 is 35.7. The van der Waals surface area contributed by atoms with Gasteiger partial charge in [-0.25, -0.2) is 0 Å². The molecule has 0 aromatic rings. The van der Waals surface area contributed by atoms with Gasteiger partial charge in [-0.3, -0.25) is 4.79 Å². The van der Waals surface area contributed by atoms with Gasteiger partial charge in [0.25, 0.3) is 0 Å². The Bertz CT molecular complexity index is 245. The van der Waals surface area contributed by atoms with Crippen LogP contribution in [0.5, 0.6) is 0 Å². The van der Waals surface area contributed by atoms with Crippen molar-refractivity contribution in [3.63, 3.8) is 0 Å². The molecule has 0 heterocycles. The van der Waals surface area contributed by atoms with E-state index in [0.29, 0.717) is 19.5 Å². The molecule has 0 radical (unpaired) electrons. The molecule has 0 saturated carbocycles. The largest absolute Gasteiger partial charge is 0.389 e. The van der Waals surface area contributed by atoms with E-state index >= 15 is 0 Å². The molecule has 0 spiro atoms. The highest BCUT2D eigenvalue weighted by Crippen LogP contribution is 2.21. The third-order valence-corrected chi connectivity index (χ3v) is 2.81. The first-order chi connectivity index (χ1) is 8.87. The molecule has 1 atom stereocenters. The molecule has 0 rings (SSSR count). The van der Waals surface area contributed by atoms with E-state index in [0.717, 1.165) is 19.3 Å². The van der Waals surface area contributed by atoms with Crippen molar-refractivity contribution in [3.05, 3.63) is 0 Å². The summed E-state index contributed by atoms with van der Waals surface area (Å²) in [6.45, 7) is 4.90. The van der Waals surface area contributed by atoms with Crippen molar-refractivity contribution in [1.29, 1.82) is 0 Å². The lowest BCUT2D eigenvalue weighted by Gasteiger charge is -2.14. The molecular formula is C13H25F3N2O. The Kier molecular flexibility index (Phi) is 9.65. The van der Waals surface area contributed by atoms with Crippen molar-refractivity contribution < 1.29 is 18.0 Å². The maximum absolute atomic E-state index is 11.9. The van der Waals surface area contributed by atoms with Crippen LogP contribution in [-0.4, -0.2) is 31.2 Å². The van der Waals surface area contributed by atoms with E-state index in [1.54, 1.807) is 6.92 Å². The number of hydrogen-bond acceptors (Lipinski definition) is 2. The van der Waals surface area contributed by atoms with E-state index in [4.69, 9.17) is 0 Å². The summed E-state index contributed by atoms with van der Waals surface area (Å²) in [5.74, 6) is -0.0908. The van der Waals surface area contributed by atoms with Crippen LogP contribution in [-0.2, 0) is 4.79 Å². The molecule has 0 aromatic carbocycles. The maximum atomic E-state index is 11.9. The van der Waals surface area contributed by atoms with Gasteiger partial charge in [0.15, 0.2) is 0 Å². The SMILES string of the molecule is CCCCCNC(=O)C(C)NCCCCC(F)(F)F. The molecule has 0 aliphatic rings. The highest BCUT2D eigenvalue weighted by atomic mass is 19.4. The number of carbonyl (C=O) groups is 1. The molecule has 0 fully saturated rings. The predicted octanol–water partition coefficient (Wildman–Crippen LogP) is 3.00. The lowest BCUT2D eigenvalue weighted by molar-refractivity contribution is -0.135. The molecule has 6 heteroatoms. The summed E-state index contributed by atoms with van der Waals surface area (Å²) >= 11 is 0. The van der Waals surface area contributed by atoms with Crippen molar-refractivity contribution in [2.45, 2.75) is 64.6 Å². The second-order valence-corrected chi connectivity index (χ2v) is 4.75. The Morgan fingerprint density at radius 2 is 1.74 bits per heavy atom. The van der Waals surface area contributed by atoms with Gasteiger partial charge in [0, 0.05) is 13.0 Å². The van der Waals surface area contributed by atoms with Crippen LogP contribution in [0, 0.1) is 0 Å². The van der Waals surface area contributed by atoms with Gasteiger partial charge in [0.05, 0.1) is 6.04 Å². The summed E-state index contributed by atoms with van der Waals surface area (Å²) in [5, 5.41) is 5.73. The van der Waals surface area contributed by atoms with Crippen LogP contribution in [0.25, 0.3) is 0 Å². The number of rotatable bonds is 10. The van der Waals surface area contributed by atoms with Crippen LogP contribution in [0.2, 0.25) is 0 Å². The average molecular weight is 282 g/mol. The molecule has 19 heavy (non-hydrogen) atoms. The van der Waals surface area contributed by atoms with Gasteiger partial charge in [0.2, 0.25) is 5.91 Å². The minimum atomic E-state index is -4.08. The highest BCUT2D eigenvalue weighted by molar-refractivity contribution is 5.81. The molecule has 0 aliphatic carbocycles. The Hall–Kier alpha value is -0.780. The molecule has 1 amide bonds. The molecular weight excluding hydrogens is 257 g/mol. The van der Waals surface area contributed by atoms with Crippen LogP contribution in [0.3, 0.4) is 0 Å². The van der Waals surface area contributed by atoms with Crippen molar-refractivity contribution in [3.8, 4) is 0 Å². The molecule has 1 unspecified atom stereocenters. The summed E-state index contributed by atoms with van der Waals surface area (Å²) in [7, 11) is 0. The zero-order valence-corrected chi connectivity index (χ0v) is 11.8. The van der Waals surface area contributed by atoms with E-state index in [2.05, 4.69) is 17.6 Å². The maximum Gasteiger partial charge on any atom is 0.389 e. The van der Waals surface area contributed by atoms with E-state index in [9.17, 15) is 18.0 Å². The first kappa shape index (κ1) is 18.2. The first-order valence-corrected chi connectivity index (χ1v) is 6.94. The number of nitrogens with one attached hydrogen (secondary N) is 2. The molecule has 0 aromatic heterocycles. The molecule has 0 bridgehead atoms. The number of carbonyl (C=O) groups excluding carboxylic acids is 1. The lowest BCUT2D eigenvalue weighted by atomic mass is 10.2. The number of hydrogen-bond donors (Lipinski definition) is 2. The van der Waals surface area contributed by atoms with E-state index in [-0.39, 0.29) is 18.4 Å². The fraction of sp³-hybridized carbons (Fsp3) is 0.923. The Morgan fingerprint density at radius 1 is 1.11 bits per heavy atom. The van der Waals surface area contributed by atoms with Gasteiger partial charge in [-0.15, -0.1) is 0 Å². The Morgan fingerprint density at radius 3 is 2.32 bits per heavy atom. The summed E-state index contributed by atoms with van der Waals surface area (Å²) in [6.07, 6.45) is -1.17. The van der Waals surface area contributed by atoms with Crippen LogP contribution in [0.1, 0.15) is 52.4 Å². The van der Waals surface area contributed by atoms with E-state index < -0.39 is 12.6 Å². The van der Waals surface area contributed by atoms with E-state index in [1.165, 1.54) is 0 Å². The second kappa shape index (κ2) is 10.1. The zero-order chi connectivity index (χ0) is 14.7. The normalized spacial score (nSPS) is 13.3. The van der Waals surface area contributed by atoms with E-state index in [1.807, 2.05) is 0 Å². The summed E-state index contributed by atoms with van der Waals surface area (Å²) in [4.78, 5) is 11.6.